The van der Waals surface area contributed by atoms with Crippen LogP contribution in [0, 0.1) is 0 Å². The molecule has 1 aromatic carbocycles. The lowest BCUT2D eigenvalue weighted by atomic mass is 9.98. The summed E-state index contributed by atoms with van der Waals surface area (Å²) in [7, 11) is 0. The fourth-order valence-corrected chi connectivity index (χ4v) is 2.48. The third-order valence-corrected chi connectivity index (χ3v) is 3.47. The van der Waals surface area contributed by atoms with Gasteiger partial charge < -0.3 is 4.74 Å². The van der Waals surface area contributed by atoms with Crippen molar-refractivity contribution in [1.82, 2.24) is 0 Å². The summed E-state index contributed by atoms with van der Waals surface area (Å²) in [6, 6.07) is 8.04. The first kappa shape index (κ1) is 13.3. The highest BCUT2D eigenvalue weighted by Gasteiger charge is 2.18. The molecule has 1 saturated heterocycles. The zero-order valence-corrected chi connectivity index (χ0v) is 11.2. The molecule has 1 heterocycles. The lowest BCUT2D eigenvalue weighted by Crippen LogP contribution is -2.22. The van der Waals surface area contributed by atoms with Crippen molar-refractivity contribution in [3.63, 3.8) is 0 Å². The number of hydrogen-bond donors (Lipinski definition) is 0. The largest absolute Gasteiger partial charge is 0.378 e. The molecule has 2 nitrogen and oxygen atoms in total. The second-order valence-corrected chi connectivity index (χ2v) is 5.07. The van der Waals surface area contributed by atoms with Crippen molar-refractivity contribution >= 4 is 5.78 Å². The first-order valence-electron chi connectivity index (χ1n) is 7.03. The van der Waals surface area contributed by atoms with E-state index < -0.39 is 0 Å². The van der Waals surface area contributed by atoms with E-state index in [2.05, 4.69) is 13.0 Å². The first-order chi connectivity index (χ1) is 8.79. The normalized spacial score (nSPS) is 19.7. The van der Waals surface area contributed by atoms with Gasteiger partial charge in [0.2, 0.25) is 0 Å². The van der Waals surface area contributed by atoms with Gasteiger partial charge in [0.1, 0.15) is 0 Å². The van der Waals surface area contributed by atoms with Gasteiger partial charge >= 0.3 is 0 Å². The molecular formula is C16H22O2. The van der Waals surface area contributed by atoms with Crippen molar-refractivity contribution < 1.29 is 9.53 Å². The van der Waals surface area contributed by atoms with Crippen LogP contribution in [-0.4, -0.2) is 18.5 Å². The molecule has 0 bridgehead atoms. The van der Waals surface area contributed by atoms with Gasteiger partial charge in [-0.05, 0) is 37.3 Å². The molecule has 0 spiro atoms. The van der Waals surface area contributed by atoms with Crippen molar-refractivity contribution in [1.29, 1.82) is 0 Å². The molecular weight excluding hydrogens is 224 g/mol. The molecule has 1 unspecified atom stereocenters. The average molecular weight is 246 g/mol. The molecule has 1 aliphatic heterocycles. The van der Waals surface area contributed by atoms with E-state index in [1.807, 2.05) is 18.2 Å². The predicted molar refractivity (Wildman–Crippen MR) is 73.0 cm³/mol. The van der Waals surface area contributed by atoms with Crippen LogP contribution in [-0.2, 0) is 11.2 Å². The van der Waals surface area contributed by atoms with Gasteiger partial charge in [0.15, 0.2) is 5.78 Å². The van der Waals surface area contributed by atoms with Gasteiger partial charge in [-0.15, -0.1) is 0 Å². The number of ether oxygens (including phenoxy) is 1. The molecule has 98 valence electrons. The molecule has 0 aliphatic carbocycles. The summed E-state index contributed by atoms with van der Waals surface area (Å²) in [5.74, 6) is 0.222. The van der Waals surface area contributed by atoms with Crippen LogP contribution in [0.3, 0.4) is 0 Å². The number of hydrogen-bond acceptors (Lipinski definition) is 2. The fraction of sp³-hybridized carbons (Fsp3) is 0.562. The summed E-state index contributed by atoms with van der Waals surface area (Å²) >= 11 is 0. The maximum absolute atomic E-state index is 12.2. The number of carbonyl (C=O) groups is 1. The molecule has 2 heteroatoms. The monoisotopic (exact) mass is 246 g/mol. The van der Waals surface area contributed by atoms with Crippen molar-refractivity contribution in [3.8, 4) is 0 Å². The minimum atomic E-state index is 0.140. The number of rotatable bonds is 5. The Labute approximate surface area is 109 Å². The molecule has 1 aliphatic rings. The van der Waals surface area contributed by atoms with Gasteiger partial charge in [0, 0.05) is 18.6 Å². The quantitative estimate of drug-likeness (QED) is 0.739. The van der Waals surface area contributed by atoms with Gasteiger partial charge in [-0.2, -0.15) is 0 Å². The first-order valence-corrected chi connectivity index (χ1v) is 7.03. The molecule has 0 saturated carbocycles. The van der Waals surface area contributed by atoms with E-state index >= 15 is 0 Å². The lowest BCUT2D eigenvalue weighted by molar-refractivity contribution is 0.0129. The smallest absolute Gasteiger partial charge is 0.165 e. The molecule has 18 heavy (non-hydrogen) atoms. The fourth-order valence-electron chi connectivity index (χ4n) is 2.48. The Bertz CT molecular complexity index is 392. The molecule has 0 radical (unpaired) electrons. The summed E-state index contributed by atoms with van der Waals surface area (Å²) in [4.78, 5) is 12.2. The van der Waals surface area contributed by atoms with Crippen LogP contribution < -0.4 is 0 Å². The standard InChI is InChI=1S/C16H22O2/c1-2-6-13-7-5-8-14(11-13)16(17)12-15-9-3-4-10-18-15/h5,7-8,11,15H,2-4,6,9-10,12H2,1H3. The number of ketones is 1. The molecule has 1 fully saturated rings. The van der Waals surface area contributed by atoms with Crippen LogP contribution in [0.1, 0.15) is 54.9 Å². The lowest BCUT2D eigenvalue weighted by Gasteiger charge is -2.21. The zero-order chi connectivity index (χ0) is 12.8. The van der Waals surface area contributed by atoms with Gasteiger partial charge in [-0.25, -0.2) is 0 Å². The van der Waals surface area contributed by atoms with Crippen molar-refractivity contribution in [2.75, 3.05) is 6.61 Å². The van der Waals surface area contributed by atoms with Crippen molar-refractivity contribution in [2.24, 2.45) is 0 Å². The van der Waals surface area contributed by atoms with E-state index in [4.69, 9.17) is 4.74 Å². The Morgan fingerprint density at radius 2 is 2.28 bits per heavy atom. The van der Waals surface area contributed by atoms with Crippen LogP contribution in [0.15, 0.2) is 24.3 Å². The number of aryl methyl sites for hydroxylation is 1. The average Bonchev–Trinajstić information content (AvgIpc) is 2.40. The number of benzene rings is 1. The van der Waals surface area contributed by atoms with Crippen molar-refractivity contribution in [2.45, 2.75) is 51.6 Å². The SMILES string of the molecule is CCCc1cccc(C(=O)CC2CCCCO2)c1. The highest BCUT2D eigenvalue weighted by Crippen LogP contribution is 2.18. The predicted octanol–water partition coefficient (Wildman–Crippen LogP) is 3.78. The Kier molecular flexibility index (Phi) is 4.94. The molecule has 0 amide bonds. The van der Waals surface area contributed by atoms with Crippen LogP contribution in [0.2, 0.25) is 0 Å². The van der Waals surface area contributed by atoms with Crippen LogP contribution in [0.5, 0.6) is 0 Å². The van der Waals surface area contributed by atoms with E-state index in [1.54, 1.807) is 0 Å². The van der Waals surface area contributed by atoms with Gasteiger partial charge in [0.25, 0.3) is 0 Å². The molecule has 1 atom stereocenters. The van der Waals surface area contributed by atoms with Crippen molar-refractivity contribution in [3.05, 3.63) is 35.4 Å². The minimum absolute atomic E-state index is 0.140. The van der Waals surface area contributed by atoms with E-state index in [0.717, 1.165) is 37.9 Å². The molecule has 2 rings (SSSR count). The summed E-state index contributed by atoms with van der Waals surface area (Å²) in [5.41, 5.74) is 2.10. The molecule has 1 aromatic rings. The zero-order valence-electron chi connectivity index (χ0n) is 11.2. The Balaban J connectivity index is 1.96. The third kappa shape index (κ3) is 3.67. The maximum Gasteiger partial charge on any atom is 0.165 e. The molecule has 0 aromatic heterocycles. The topological polar surface area (TPSA) is 26.3 Å². The summed E-state index contributed by atoms with van der Waals surface area (Å²) in [5, 5.41) is 0. The Morgan fingerprint density at radius 1 is 1.39 bits per heavy atom. The maximum atomic E-state index is 12.2. The van der Waals surface area contributed by atoms with E-state index in [9.17, 15) is 4.79 Å². The highest BCUT2D eigenvalue weighted by molar-refractivity contribution is 5.96. The van der Waals surface area contributed by atoms with Crippen LogP contribution in [0.25, 0.3) is 0 Å². The number of carbonyl (C=O) groups excluding carboxylic acids is 1. The Morgan fingerprint density at radius 3 is 3.00 bits per heavy atom. The summed E-state index contributed by atoms with van der Waals surface area (Å²) < 4.78 is 5.63. The minimum Gasteiger partial charge on any atom is -0.378 e. The van der Waals surface area contributed by atoms with E-state index in [-0.39, 0.29) is 11.9 Å². The summed E-state index contributed by atoms with van der Waals surface area (Å²) in [6.07, 6.45) is 6.19. The summed E-state index contributed by atoms with van der Waals surface area (Å²) in [6.45, 7) is 2.97. The van der Waals surface area contributed by atoms with Gasteiger partial charge in [0.05, 0.1) is 6.10 Å². The molecule has 0 N–H and O–H groups in total. The van der Waals surface area contributed by atoms with Gasteiger partial charge in [-0.3, -0.25) is 4.79 Å². The van der Waals surface area contributed by atoms with E-state index in [1.165, 1.54) is 12.0 Å². The third-order valence-electron chi connectivity index (χ3n) is 3.47. The van der Waals surface area contributed by atoms with Crippen LogP contribution >= 0.6 is 0 Å². The second kappa shape index (κ2) is 6.69. The second-order valence-electron chi connectivity index (χ2n) is 5.07. The van der Waals surface area contributed by atoms with E-state index in [0.29, 0.717) is 6.42 Å². The Hall–Kier alpha value is -1.15. The van der Waals surface area contributed by atoms with Gasteiger partial charge in [-0.1, -0.05) is 31.5 Å². The number of Topliss-reactive ketones (excluding diaryl/α,β-unsaturated/α-hetero) is 1. The highest BCUT2D eigenvalue weighted by atomic mass is 16.5. The van der Waals surface area contributed by atoms with Crippen LogP contribution in [0.4, 0.5) is 0 Å².